The minimum absolute atomic E-state index is 0.0177. The third-order valence-corrected chi connectivity index (χ3v) is 4.57. The van der Waals surface area contributed by atoms with Crippen LogP contribution in [0.2, 0.25) is 5.02 Å². The van der Waals surface area contributed by atoms with Gasteiger partial charge in [0, 0.05) is 35.3 Å². The zero-order valence-corrected chi connectivity index (χ0v) is 14.4. The number of phenols is 1. The van der Waals surface area contributed by atoms with Gasteiger partial charge in [-0.05, 0) is 55.3 Å². The van der Waals surface area contributed by atoms with Crippen molar-refractivity contribution in [1.82, 2.24) is 10.2 Å². The Balaban J connectivity index is 1.54. The Morgan fingerprint density at radius 1 is 1.04 bits per heavy atom. The summed E-state index contributed by atoms with van der Waals surface area (Å²) in [6.07, 6.45) is 1.40. The van der Waals surface area contributed by atoms with Crippen molar-refractivity contribution in [3.05, 3.63) is 64.7 Å². The topological polar surface area (TPSA) is 69.6 Å². The van der Waals surface area contributed by atoms with Crippen LogP contribution in [0, 0.1) is 0 Å². The Kier molecular flexibility index (Phi) is 5.24. The second kappa shape index (κ2) is 7.57. The average Bonchev–Trinajstić information content (AvgIpc) is 2.62. The maximum Gasteiger partial charge on any atom is 0.253 e. The van der Waals surface area contributed by atoms with Crippen LogP contribution in [-0.4, -0.2) is 41.0 Å². The van der Waals surface area contributed by atoms with Crippen LogP contribution in [0.1, 0.15) is 33.6 Å². The normalized spacial score (nSPS) is 15.0. The number of rotatable bonds is 3. The fraction of sp³-hybridized carbons (Fsp3) is 0.263. The van der Waals surface area contributed by atoms with Crippen molar-refractivity contribution in [2.45, 2.75) is 18.9 Å². The molecule has 0 bridgehead atoms. The number of nitrogens with one attached hydrogen (secondary N) is 1. The van der Waals surface area contributed by atoms with Crippen molar-refractivity contribution >= 4 is 23.4 Å². The highest BCUT2D eigenvalue weighted by atomic mass is 35.5. The van der Waals surface area contributed by atoms with E-state index in [-0.39, 0.29) is 23.6 Å². The van der Waals surface area contributed by atoms with Crippen LogP contribution in [0.3, 0.4) is 0 Å². The molecule has 2 amide bonds. The minimum Gasteiger partial charge on any atom is -0.508 e. The number of amides is 2. The van der Waals surface area contributed by atoms with Crippen LogP contribution >= 0.6 is 11.6 Å². The predicted octanol–water partition coefficient (Wildman–Crippen LogP) is 3.08. The van der Waals surface area contributed by atoms with Crippen molar-refractivity contribution in [1.29, 1.82) is 0 Å². The van der Waals surface area contributed by atoms with Gasteiger partial charge in [-0.3, -0.25) is 9.59 Å². The molecule has 0 atom stereocenters. The largest absolute Gasteiger partial charge is 0.508 e. The molecule has 2 aromatic rings. The maximum absolute atomic E-state index is 12.5. The lowest BCUT2D eigenvalue weighted by atomic mass is 10.0. The molecular formula is C19H19ClN2O3. The van der Waals surface area contributed by atoms with Gasteiger partial charge in [0.05, 0.1) is 0 Å². The van der Waals surface area contributed by atoms with Crippen molar-refractivity contribution in [2.75, 3.05) is 13.1 Å². The second-order valence-electron chi connectivity index (χ2n) is 6.10. The van der Waals surface area contributed by atoms with E-state index in [1.165, 1.54) is 12.1 Å². The first kappa shape index (κ1) is 17.3. The molecule has 0 saturated carbocycles. The summed E-state index contributed by atoms with van der Waals surface area (Å²) >= 11 is 5.85. The van der Waals surface area contributed by atoms with Gasteiger partial charge in [0.2, 0.25) is 0 Å². The van der Waals surface area contributed by atoms with Gasteiger partial charge < -0.3 is 15.3 Å². The Hall–Kier alpha value is -2.53. The number of likely N-dealkylation sites (tertiary alicyclic amines) is 1. The lowest BCUT2D eigenvalue weighted by Gasteiger charge is -2.32. The van der Waals surface area contributed by atoms with Crippen LogP contribution in [0.5, 0.6) is 5.75 Å². The van der Waals surface area contributed by atoms with E-state index in [1.807, 2.05) is 0 Å². The molecular weight excluding hydrogens is 340 g/mol. The summed E-state index contributed by atoms with van der Waals surface area (Å²) < 4.78 is 0. The quantitative estimate of drug-likeness (QED) is 0.885. The second-order valence-corrected chi connectivity index (χ2v) is 6.53. The van der Waals surface area contributed by atoms with Crippen LogP contribution < -0.4 is 5.32 Å². The molecule has 3 rings (SSSR count). The molecule has 130 valence electrons. The van der Waals surface area contributed by atoms with E-state index in [1.54, 1.807) is 41.3 Å². The summed E-state index contributed by atoms with van der Waals surface area (Å²) in [4.78, 5) is 26.5. The van der Waals surface area contributed by atoms with Crippen LogP contribution in [0.15, 0.2) is 48.5 Å². The molecule has 0 aliphatic carbocycles. The number of aromatic hydroxyl groups is 1. The third kappa shape index (κ3) is 4.31. The highest BCUT2D eigenvalue weighted by Crippen LogP contribution is 2.17. The zero-order valence-electron chi connectivity index (χ0n) is 13.6. The first-order valence-corrected chi connectivity index (χ1v) is 8.55. The van der Waals surface area contributed by atoms with Crippen molar-refractivity contribution in [3.63, 3.8) is 0 Å². The molecule has 1 aliphatic rings. The number of carbonyl (C=O) groups is 2. The maximum atomic E-state index is 12.5. The van der Waals surface area contributed by atoms with Crippen molar-refractivity contribution in [3.8, 4) is 5.75 Å². The van der Waals surface area contributed by atoms with E-state index in [4.69, 9.17) is 11.6 Å². The minimum atomic E-state index is -0.210. The molecule has 25 heavy (non-hydrogen) atoms. The summed E-state index contributed by atoms with van der Waals surface area (Å²) in [5.41, 5.74) is 1.05. The molecule has 0 radical (unpaired) electrons. The van der Waals surface area contributed by atoms with Crippen LogP contribution in [0.4, 0.5) is 0 Å². The SMILES string of the molecule is O=C(NC1CCN(C(=O)c2ccc(Cl)cc2)CC1)c1cccc(O)c1. The van der Waals surface area contributed by atoms with Crippen molar-refractivity contribution in [2.24, 2.45) is 0 Å². The monoisotopic (exact) mass is 358 g/mol. The predicted molar refractivity (Wildman–Crippen MR) is 96.0 cm³/mol. The smallest absolute Gasteiger partial charge is 0.253 e. The molecule has 6 heteroatoms. The number of hydrogen-bond donors (Lipinski definition) is 2. The molecule has 2 aromatic carbocycles. The highest BCUT2D eigenvalue weighted by molar-refractivity contribution is 6.30. The molecule has 5 nitrogen and oxygen atoms in total. The van der Waals surface area contributed by atoms with Gasteiger partial charge in [0.15, 0.2) is 0 Å². The van der Waals surface area contributed by atoms with Crippen LogP contribution in [-0.2, 0) is 0 Å². The number of piperidine rings is 1. The lowest BCUT2D eigenvalue weighted by Crippen LogP contribution is -2.46. The summed E-state index contributed by atoms with van der Waals surface area (Å²) in [7, 11) is 0. The van der Waals surface area contributed by atoms with E-state index in [2.05, 4.69) is 5.32 Å². The highest BCUT2D eigenvalue weighted by Gasteiger charge is 2.24. The molecule has 0 aromatic heterocycles. The summed E-state index contributed by atoms with van der Waals surface area (Å²) in [5.74, 6) is -0.163. The average molecular weight is 359 g/mol. The van der Waals surface area contributed by atoms with E-state index in [0.29, 0.717) is 42.1 Å². The third-order valence-electron chi connectivity index (χ3n) is 4.32. The first-order chi connectivity index (χ1) is 12.0. The Morgan fingerprint density at radius 3 is 2.36 bits per heavy atom. The molecule has 1 aliphatic heterocycles. The summed E-state index contributed by atoms with van der Waals surface area (Å²) in [6, 6.07) is 13.1. The fourth-order valence-electron chi connectivity index (χ4n) is 2.92. The lowest BCUT2D eigenvalue weighted by molar-refractivity contribution is 0.0698. The molecule has 0 unspecified atom stereocenters. The van der Waals surface area contributed by atoms with E-state index >= 15 is 0 Å². The number of hydrogen-bond acceptors (Lipinski definition) is 3. The molecule has 1 heterocycles. The Bertz CT molecular complexity index is 768. The number of phenolic OH excluding ortho intramolecular Hbond substituents is 1. The van der Waals surface area contributed by atoms with Gasteiger partial charge in [0.1, 0.15) is 5.75 Å². The Morgan fingerprint density at radius 2 is 1.72 bits per heavy atom. The number of nitrogens with zero attached hydrogens (tertiary/aromatic N) is 1. The number of halogens is 1. The van der Waals surface area contributed by atoms with Gasteiger partial charge in [-0.1, -0.05) is 17.7 Å². The van der Waals surface area contributed by atoms with E-state index in [9.17, 15) is 14.7 Å². The van der Waals surface area contributed by atoms with Gasteiger partial charge in [-0.2, -0.15) is 0 Å². The van der Waals surface area contributed by atoms with E-state index in [0.717, 1.165) is 0 Å². The van der Waals surface area contributed by atoms with Crippen LogP contribution in [0.25, 0.3) is 0 Å². The van der Waals surface area contributed by atoms with Gasteiger partial charge in [0.25, 0.3) is 11.8 Å². The van der Waals surface area contributed by atoms with Gasteiger partial charge in [-0.15, -0.1) is 0 Å². The summed E-state index contributed by atoms with van der Waals surface area (Å²) in [6.45, 7) is 1.18. The number of benzene rings is 2. The molecule has 2 N–H and O–H groups in total. The fourth-order valence-corrected chi connectivity index (χ4v) is 3.04. The molecule has 1 fully saturated rings. The van der Waals surface area contributed by atoms with Gasteiger partial charge >= 0.3 is 0 Å². The number of carbonyl (C=O) groups excluding carboxylic acids is 2. The summed E-state index contributed by atoms with van der Waals surface area (Å²) in [5, 5.41) is 13.0. The first-order valence-electron chi connectivity index (χ1n) is 8.17. The van der Waals surface area contributed by atoms with Gasteiger partial charge in [-0.25, -0.2) is 0 Å². The van der Waals surface area contributed by atoms with E-state index < -0.39 is 0 Å². The zero-order chi connectivity index (χ0) is 17.8. The molecule has 1 saturated heterocycles. The molecule has 0 spiro atoms. The standard InChI is InChI=1S/C19H19ClN2O3/c20-15-6-4-13(5-7-15)19(25)22-10-8-16(9-11-22)21-18(24)14-2-1-3-17(23)12-14/h1-7,12,16,23H,8-11H2,(H,21,24). The Labute approximate surface area is 151 Å². The van der Waals surface area contributed by atoms with Crippen molar-refractivity contribution < 1.29 is 14.7 Å².